The number of pyridine rings is 1. The van der Waals surface area contributed by atoms with E-state index >= 15 is 0 Å². The minimum absolute atomic E-state index is 0.00736. The lowest BCUT2D eigenvalue weighted by Gasteiger charge is -2.15. The number of hydrogen-bond donors (Lipinski definition) is 2. The summed E-state index contributed by atoms with van der Waals surface area (Å²) < 4.78 is 0. The predicted molar refractivity (Wildman–Crippen MR) is 81.5 cm³/mol. The summed E-state index contributed by atoms with van der Waals surface area (Å²) in [6, 6.07) is 9.36. The van der Waals surface area contributed by atoms with Crippen LogP contribution in [-0.2, 0) is 0 Å². The second-order valence-electron chi connectivity index (χ2n) is 5.48. The third-order valence-corrected chi connectivity index (χ3v) is 3.19. The Labute approximate surface area is 119 Å². The lowest BCUT2D eigenvalue weighted by molar-refractivity contribution is 0.0951. The number of benzene rings is 1. The molecule has 1 atom stereocenters. The van der Waals surface area contributed by atoms with E-state index in [1.165, 1.54) is 0 Å². The number of nitrogens with two attached hydrogens (primary N) is 1. The van der Waals surface area contributed by atoms with E-state index in [0.29, 0.717) is 18.0 Å². The number of carbonyl (C=O) groups excluding carboxylic acids is 1. The lowest BCUT2D eigenvalue weighted by Crippen LogP contribution is -2.38. The molecule has 4 nitrogen and oxygen atoms in total. The highest BCUT2D eigenvalue weighted by Gasteiger charge is 2.12. The van der Waals surface area contributed by atoms with Crippen LogP contribution < -0.4 is 11.1 Å². The third kappa shape index (κ3) is 3.54. The van der Waals surface area contributed by atoms with Gasteiger partial charge in [-0.3, -0.25) is 9.78 Å². The Balaban J connectivity index is 2.08. The van der Waals surface area contributed by atoms with Gasteiger partial charge < -0.3 is 11.1 Å². The lowest BCUT2D eigenvalue weighted by atomic mass is 10.0. The van der Waals surface area contributed by atoms with Crippen LogP contribution in [0, 0.1) is 5.92 Å². The number of para-hydroxylation sites is 1. The molecule has 1 aromatic carbocycles. The topological polar surface area (TPSA) is 68.0 Å². The molecular weight excluding hydrogens is 250 g/mol. The van der Waals surface area contributed by atoms with Crippen molar-refractivity contribution in [3.05, 3.63) is 42.1 Å². The molecule has 3 N–H and O–H groups in total. The number of rotatable bonds is 5. The van der Waals surface area contributed by atoms with Gasteiger partial charge in [-0.1, -0.05) is 32.0 Å². The monoisotopic (exact) mass is 271 g/mol. The molecule has 1 unspecified atom stereocenters. The molecule has 1 aromatic heterocycles. The van der Waals surface area contributed by atoms with Crippen molar-refractivity contribution < 1.29 is 4.79 Å². The quantitative estimate of drug-likeness (QED) is 0.877. The molecule has 2 rings (SSSR count). The largest absolute Gasteiger partial charge is 0.350 e. The molecule has 0 radical (unpaired) electrons. The third-order valence-electron chi connectivity index (χ3n) is 3.19. The fourth-order valence-electron chi connectivity index (χ4n) is 2.30. The molecule has 1 heterocycles. The molecule has 0 fully saturated rings. The Morgan fingerprint density at radius 3 is 2.80 bits per heavy atom. The van der Waals surface area contributed by atoms with E-state index in [4.69, 9.17) is 5.73 Å². The summed E-state index contributed by atoms with van der Waals surface area (Å²) in [4.78, 5) is 16.5. The van der Waals surface area contributed by atoms with Gasteiger partial charge in [-0.15, -0.1) is 0 Å². The predicted octanol–water partition coefficient (Wildman–Crippen LogP) is 2.34. The maximum Gasteiger partial charge on any atom is 0.252 e. The highest BCUT2D eigenvalue weighted by atomic mass is 16.1. The Morgan fingerprint density at radius 2 is 2.05 bits per heavy atom. The molecule has 2 aromatic rings. The first-order valence-electron chi connectivity index (χ1n) is 6.95. The summed E-state index contributed by atoms with van der Waals surface area (Å²) in [5.74, 6) is 0.437. The van der Waals surface area contributed by atoms with Crippen molar-refractivity contribution in [2.24, 2.45) is 11.7 Å². The zero-order valence-corrected chi connectivity index (χ0v) is 12.0. The summed E-state index contributed by atoms with van der Waals surface area (Å²) in [5.41, 5.74) is 7.46. The van der Waals surface area contributed by atoms with Crippen LogP contribution in [0.2, 0.25) is 0 Å². The van der Waals surface area contributed by atoms with E-state index in [0.717, 1.165) is 17.3 Å². The van der Waals surface area contributed by atoms with Gasteiger partial charge in [0, 0.05) is 24.2 Å². The van der Waals surface area contributed by atoms with Gasteiger partial charge in [0.15, 0.2) is 0 Å². The molecule has 0 saturated heterocycles. The van der Waals surface area contributed by atoms with Crippen LogP contribution in [-0.4, -0.2) is 23.5 Å². The highest BCUT2D eigenvalue weighted by molar-refractivity contribution is 6.05. The molecule has 0 saturated carbocycles. The van der Waals surface area contributed by atoms with E-state index in [9.17, 15) is 4.79 Å². The molecule has 0 aliphatic rings. The molecule has 0 bridgehead atoms. The Bertz CT molecular complexity index is 590. The van der Waals surface area contributed by atoms with Gasteiger partial charge in [0.1, 0.15) is 0 Å². The zero-order valence-electron chi connectivity index (χ0n) is 12.0. The standard InChI is InChI=1S/C16H21N3O/c1-11(2)9-12(17)10-19-16(20)14-7-8-18-15-6-4-3-5-13(14)15/h3-8,11-12H,9-10,17H2,1-2H3,(H,19,20). The Hall–Kier alpha value is -1.94. The first kappa shape index (κ1) is 14.5. The molecule has 0 aliphatic carbocycles. The van der Waals surface area contributed by atoms with Crippen LogP contribution in [0.3, 0.4) is 0 Å². The molecule has 0 spiro atoms. The summed E-state index contributed by atoms with van der Waals surface area (Å²) in [7, 11) is 0. The zero-order chi connectivity index (χ0) is 14.5. The van der Waals surface area contributed by atoms with Crippen molar-refractivity contribution in [1.82, 2.24) is 10.3 Å². The smallest absolute Gasteiger partial charge is 0.252 e. The highest BCUT2D eigenvalue weighted by Crippen LogP contribution is 2.15. The minimum atomic E-state index is -0.0946. The van der Waals surface area contributed by atoms with Crippen molar-refractivity contribution in [3.8, 4) is 0 Å². The number of amides is 1. The Kier molecular flexibility index (Phi) is 4.69. The number of nitrogens with zero attached hydrogens (tertiary/aromatic N) is 1. The van der Waals surface area contributed by atoms with Crippen LogP contribution in [0.5, 0.6) is 0 Å². The average Bonchev–Trinajstić information content (AvgIpc) is 2.43. The van der Waals surface area contributed by atoms with E-state index in [-0.39, 0.29) is 11.9 Å². The van der Waals surface area contributed by atoms with Gasteiger partial charge in [-0.2, -0.15) is 0 Å². The van der Waals surface area contributed by atoms with Crippen molar-refractivity contribution >= 4 is 16.8 Å². The van der Waals surface area contributed by atoms with Crippen molar-refractivity contribution in [1.29, 1.82) is 0 Å². The summed E-state index contributed by atoms with van der Waals surface area (Å²) >= 11 is 0. The molecule has 1 amide bonds. The van der Waals surface area contributed by atoms with E-state index in [1.807, 2.05) is 24.3 Å². The second kappa shape index (κ2) is 6.48. The second-order valence-corrected chi connectivity index (χ2v) is 5.48. The summed E-state index contributed by atoms with van der Waals surface area (Å²) in [5, 5.41) is 3.77. The maximum atomic E-state index is 12.3. The summed E-state index contributed by atoms with van der Waals surface area (Å²) in [6.07, 6.45) is 2.56. The number of fused-ring (bicyclic) bond motifs is 1. The van der Waals surface area contributed by atoms with Gasteiger partial charge in [-0.05, 0) is 24.5 Å². The normalized spacial score (nSPS) is 12.6. The molecular formula is C16H21N3O. The average molecular weight is 271 g/mol. The van der Waals surface area contributed by atoms with E-state index in [1.54, 1.807) is 12.3 Å². The summed E-state index contributed by atoms with van der Waals surface area (Å²) in [6.45, 7) is 4.74. The first-order chi connectivity index (χ1) is 9.58. The minimum Gasteiger partial charge on any atom is -0.350 e. The number of aromatic nitrogens is 1. The van der Waals surface area contributed by atoms with Crippen LogP contribution in [0.1, 0.15) is 30.6 Å². The number of carbonyl (C=O) groups is 1. The van der Waals surface area contributed by atoms with Crippen molar-refractivity contribution in [3.63, 3.8) is 0 Å². The van der Waals surface area contributed by atoms with E-state index in [2.05, 4.69) is 24.1 Å². The van der Waals surface area contributed by atoms with Gasteiger partial charge in [0.05, 0.1) is 11.1 Å². The first-order valence-corrected chi connectivity index (χ1v) is 6.95. The fourth-order valence-corrected chi connectivity index (χ4v) is 2.30. The van der Waals surface area contributed by atoms with Gasteiger partial charge in [0.25, 0.3) is 5.91 Å². The molecule has 20 heavy (non-hydrogen) atoms. The number of hydrogen-bond acceptors (Lipinski definition) is 3. The molecule has 4 heteroatoms. The SMILES string of the molecule is CC(C)CC(N)CNC(=O)c1ccnc2ccccc12. The van der Waals surface area contributed by atoms with Gasteiger partial charge in [-0.25, -0.2) is 0 Å². The van der Waals surface area contributed by atoms with Crippen molar-refractivity contribution in [2.45, 2.75) is 26.3 Å². The molecule has 0 aliphatic heterocycles. The number of nitrogens with one attached hydrogen (secondary N) is 1. The Morgan fingerprint density at radius 1 is 1.30 bits per heavy atom. The maximum absolute atomic E-state index is 12.3. The van der Waals surface area contributed by atoms with Crippen LogP contribution in [0.25, 0.3) is 10.9 Å². The van der Waals surface area contributed by atoms with Crippen molar-refractivity contribution in [2.75, 3.05) is 6.54 Å². The van der Waals surface area contributed by atoms with E-state index < -0.39 is 0 Å². The van der Waals surface area contributed by atoms with Gasteiger partial charge in [0.2, 0.25) is 0 Å². The van der Waals surface area contributed by atoms with Gasteiger partial charge >= 0.3 is 0 Å². The molecule has 106 valence electrons. The van der Waals surface area contributed by atoms with Crippen LogP contribution in [0.15, 0.2) is 36.5 Å². The fraction of sp³-hybridized carbons (Fsp3) is 0.375. The van der Waals surface area contributed by atoms with Crippen LogP contribution in [0.4, 0.5) is 0 Å². The van der Waals surface area contributed by atoms with Crippen LogP contribution >= 0.6 is 0 Å².